The third-order valence-electron chi connectivity index (χ3n) is 8.61. The zero-order valence-corrected chi connectivity index (χ0v) is 26.1. The molecule has 43 heavy (non-hydrogen) atoms. The molecule has 0 radical (unpaired) electrons. The molecule has 208 valence electrons. The van der Waals surface area contributed by atoms with Crippen LogP contribution in [0.4, 0.5) is 0 Å². The Labute approximate surface area is 256 Å². The summed E-state index contributed by atoms with van der Waals surface area (Å²) in [6.07, 6.45) is 4.44. The minimum Gasteiger partial charge on any atom is -0.0870 e. The van der Waals surface area contributed by atoms with Crippen LogP contribution >= 0.6 is 7.92 Å². The third-order valence-corrected chi connectivity index (χ3v) is 9.92. The molecule has 7 rings (SSSR count). The maximum absolute atomic E-state index is 2.43. The van der Waals surface area contributed by atoms with Gasteiger partial charge in [0.1, 0.15) is 0 Å². The second-order valence-corrected chi connectivity index (χ2v) is 13.9. The van der Waals surface area contributed by atoms with E-state index in [1.165, 1.54) is 82.1 Å². The quantitative estimate of drug-likeness (QED) is 0.143. The Bertz CT molecular complexity index is 2130. The fourth-order valence-electron chi connectivity index (χ4n) is 6.57. The Balaban J connectivity index is 1.63. The molecule has 0 bridgehead atoms. The molecule has 0 saturated heterocycles. The van der Waals surface area contributed by atoms with Gasteiger partial charge in [0.25, 0.3) is 0 Å². The highest BCUT2D eigenvalue weighted by Crippen LogP contribution is 2.43. The fourth-order valence-corrected chi connectivity index (χ4v) is 7.35. The van der Waals surface area contributed by atoms with E-state index >= 15 is 0 Å². The zero-order valence-electron chi connectivity index (χ0n) is 25.2. The number of aryl methyl sites for hydroxylation is 1. The highest BCUT2D eigenvalue weighted by molar-refractivity contribution is 7.64. The van der Waals surface area contributed by atoms with E-state index in [2.05, 4.69) is 167 Å². The largest absolute Gasteiger partial charge is 0.0870 e. The Kier molecular flexibility index (Phi) is 7.18. The average Bonchev–Trinajstić information content (AvgIpc) is 3.03. The van der Waals surface area contributed by atoms with Crippen molar-refractivity contribution in [3.63, 3.8) is 0 Å². The predicted molar refractivity (Wildman–Crippen MR) is 193 cm³/mol. The molecule has 1 heteroatoms. The lowest BCUT2D eigenvalue weighted by Gasteiger charge is -2.19. The molecule has 0 nitrogen and oxygen atoms in total. The van der Waals surface area contributed by atoms with Crippen LogP contribution in [0.25, 0.3) is 71.8 Å². The van der Waals surface area contributed by atoms with Crippen LogP contribution in [-0.2, 0) is 0 Å². The molecule has 0 heterocycles. The summed E-state index contributed by atoms with van der Waals surface area (Å²) < 4.78 is 0. The summed E-state index contributed by atoms with van der Waals surface area (Å²) in [5.41, 5.74) is 10.2. The summed E-state index contributed by atoms with van der Waals surface area (Å²) >= 11 is 0. The number of fused-ring (bicyclic) bond motifs is 3. The van der Waals surface area contributed by atoms with E-state index in [1.807, 2.05) is 0 Å². The van der Waals surface area contributed by atoms with Crippen molar-refractivity contribution in [3.8, 4) is 33.4 Å². The van der Waals surface area contributed by atoms with Crippen molar-refractivity contribution in [1.82, 2.24) is 0 Å². The van der Waals surface area contributed by atoms with Gasteiger partial charge in [-0.3, -0.25) is 0 Å². The van der Waals surface area contributed by atoms with Gasteiger partial charge < -0.3 is 0 Å². The van der Waals surface area contributed by atoms with E-state index < -0.39 is 0 Å². The van der Waals surface area contributed by atoms with Crippen LogP contribution in [0.5, 0.6) is 0 Å². The lowest BCUT2D eigenvalue weighted by Crippen LogP contribution is -1.99. The first-order valence-corrected chi connectivity index (χ1v) is 17.2. The van der Waals surface area contributed by atoms with E-state index in [4.69, 9.17) is 0 Å². The molecule has 0 amide bonds. The second kappa shape index (κ2) is 11.3. The van der Waals surface area contributed by atoms with E-state index in [0.717, 1.165) is 0 Å². The average molecular weight is 571 g/mol. The first-order valence-electron chi connectivity index (χ1n) is 15.0. The Morgan fingerprint density at radius 2 is 1.02 bits per heavy atom. The molecule has 0 aliphatic rings. The van der Waals surface area contributed by atoms with Gasteiger partial charge in [-0.05, 0) is 140 Å². The molecule has 0 atom stereocenters. The molecular weight excluding hydrogens is 535 g/mol. The molecule has 0 unspecified atom stereocenters. The van der Waals surface area contributed by atoms with Crippen molar-refractivity contribution in [1.29, 1.82) is 0 Å². The van der Waals surface area contributed by atoms with Gasteiger partial charge >= 0.3 is 0 Å². The Morgan fingerprint density at radius 1 is 0.488 bits per heavy atom. The summed E-state index contributed by atoms with van der Waals surface area (Å²) in [6.45, 7) is 9.02. The molecule has 7 aromatic carbocycles. The molecule has 0 fully saturated rings. The van der Waals surface area contributed by atoms with Gasteiger partial charge in [0.2, 0.25) is 0 Å². The summed E-state index contributed by atoms with van der Waals surface area (Å²) in [5.74, 6) is 0. The van der Waals surface area contributed by atoms with Crippen molar-refractivity contribution >= 4 is 51.6 Å². The zero-order chi connectivity index (χ0) is 29.5. The predicted octanol–water partition coefficient (Wildman–Crippen LogP) is 11.9. The number of allylic oxidation sites excluding steroid dienone is 1. The summed E-state index contributed by atoms with van der Waals surface area (Å²) in [5, 5.41) is 9.08. The van der Waals surface area contributed by atoms with Crippen molar-refractivity contribution in [2.45, 2.75) is 13.8 Å². The van der Waals surface area contributed by atoms with Crippen molar-refractivity contribution in [2.75, 3.05) is 13.3 Å². The van der Waals surface area contributed by atoms with Crippen LogP contribution in [0.3, 0.4) is 0 Å². The first kappa shape index (κ1) is 27.3. The van der Waals surface area contributed by atoms with Crippen LogP contribution in [0, 0.1) is 6.92 Å². The van der Waals surface area contributed by atoms with Gasteiger partial charge in [-0.1, -0.05) is 117 Å². The van der Waals surface area contributed by atoms with Crippen LogP contribution in [-0.4, -0.2) is 13.3 Å². The second-order valence-electron chi connectivity index (χ2n) is 11.6. The van der Waals surface area contributed by atoms with E-state index in [1.54, 1.807) is 0 Å². The molecular formula is C42H35P. The van der Waals surface area contributed by atoms with Crippen LogP contribution in [0.1, 0.15) is 18.1 Å². The summed E-state index contributed by atoms with van der Waals surface area (Å²) in [4.78, 5) is 0. The van der Waals surface area contributed by atoms with Crippen molar-refractivity contribution in [3.05, 3.63) is 145 Å². The van der Waals surface area contributed by atoms with Gasteiger partial charge in [0.15, 0.2) is 0 Å². The topological polar surface area (TPSA) is 0 Å². The molecule has 0 N–H and O–H groups in total. The molecule has 0 aliphatic carbocycles. The van der Waals surface area contributed by atoms with Gasteiger partial charge in [-0.25, -0.2) is 0 Å². The minimum absolute atomic E-state index is 0.199. The molecule has 0 spiro atoms. The molecule has 0 saturated carbocycles. The van der Waals surface area contributed by atoms with Crippen LogP contribution < -0.4 is 5.30 Å². The lowest BCUT2D eigenvalue weighted by molar-refractivity contribution is 1.46. The fraction of sp³-hybridized carbons (Fsp3) is 0.0952. The van der Waals surface area contributed by atoms with Gasteiger partial charge in [0, 0.05) is 0 Å². The standard InChI is InChI=1S/C42H35P/c1-5-13-37-28(2)22-30-14-6-9-19-38(30)41(37)34-24-33(29-17-12-18-36(27-29)43(3)4)25-35(26-34)42-39-20-10-7-15-31(39)23-32-16-8-11-21-40(32)42/h5-27H,1-4H3/b13-5-. The van der Waals surface area contributed by atoms with Crippen LogP contribution in [0.15, 0.2) is 133 Å². The number of benzene rings is 7. The first-order chi connectivity index (χ1) is 21.0. The Morgan fingerprint density at radius 3 is 1.63 bits per heavy atom. The lowest BCUT2D eigenvalue weighted by atomic mass is 9.85. The van der Waals surface area contributed by atoms with Gasteiger partial charge in [-0.15, -0.1) is 0 Å². The monoisotopic (exact) mass is 570 g/mol. The summed E-state index contributed by atoms with van der Waals surface area (Å²) in [6, 6.07) is 47.5. The maximum atomic E-state index is 2.43. The SMILES string of the molecule is C/C=C\c1c(C)cc2ccccc2c1-c1cc(-c2cccc(P(C)C)c2)cc(-c2c3ccccc3cc3ccccc23)c1. The van der Waals surface area contributed by atoms with E-state index in [9.17, 15) is 0 Å². The maximum Gasteiger partial charge on any atom is -0.00264 e. The van der Waals surface area contributed by atoms with Gasteiger partial charge in [0.05, 0.1) is 0 Å². The summed E-state index contributed by atoms with van der Waals surface area (Å²) in [7, 11) is -0.199. The minimum atomic E-state index is -0.199. The molecule has 7 aromatic rings. The number of rotatable bonds is 5. The van der Waals surface area contributed by atoms with Crippen molar-refractivity contribution < 1.29 is 0 Å². The van der Waals surface area contributed by atoms with Crippen LogP contribution in [0.2, 0.25) is 0 Å². The van der Waals surface area contributed by atoms with E-state index in [-0.39, 0.29) is 7.92 Å². The van der Waals surface area contributed by atoms with E-state index in [0.29, 0.717) is 0 Å². The normalized spacial score (nSPS) is 11.8. The highest BCUT2D eigenvalue weighted by Gasteiger charge is 2.17. The number of hydrogen-bond donors (Lipinski definition) is 0. The third kappa shape index (κ3) is 4.97. The Hall–Kier alpha value is -4.51. The van der Waals surface area contributed by atoms with Crippen molar-refractivity contribution in [2.24, 2.45) is 0 Å². The highest BCUT2D eigenvalue weighted by atomic mass is 31.1. The van der Waals surface area contributed by atoms with Gasteiger partial charge in [-0.2, -0.15) is 0 Å². The molecule has 0 aromatic heterocycles. The number of hydrogen-bond acceptors (Lipinski definition) is 0. The smallest absolute Gasteiger partial charge is 0.00264 e. The molecule has 0 aliphatic heterocycles.